The first kappa shape index (κ1) is 34.1. The number of likely N-dealkylation sites (tertiary alicyclic amines) is 1. The van der Waals surface area contributed by atoms with Crippen LogP contribution in [-0.2, 0) is 20.4 Å². The lowest BCUT2D eigenvalue weighted by molar-refractivity contribution is -0.146. The summed E-state index contributed by atoms with van der Waals surface area (Å²) in [4.78, 5) is 30.2. The number of carbonyl (C=O) groups is 2. The molecule has 0 radical (unpaired) electrons. The molecule has 1 atom stereocenters. The van der Waals surface area contributed by atoms with E-state index in [2.05, 4.69) is 15.6 Å². The molecule has 1 aliphatic rings. The number of piperidine rings is 1. The first-order valence-corrected chi connectivity index (χ1v) is 14.5. The van der Waals surface area contributed by atoms with E-state index in [9.17, 15) is 22.8 Å². The lowest BCUT2D eigenvalue weighted by Crippen LogP contribution is -2.48. The van der Waals surface area contributed by atoms with Crippen molar-refractivity contribution in [1.82, 2.24) is 9.88 Å². The quantitative estimate of drug-likeness (QED) is 0.264. The number of aromatic nitrogens is 1. The van der Waals surface area contributed by atoms with Crippen LogP contribution in [0, 0.1) is 5.41 Å². The van der Waals surface area contributed by atoms with Crippen LogP contribution >= 0.6 is 11.6 Å². The van der Waals surface area contributed by atoms with Gasteiger partial charge in [-0.05, 0) is 71.7 Å². The Morgan fingerprint density at radius 3 is 2.40 bits per heavy atom. The second-order valence-electron chi connectivity index (χ2n) is 11.7. The number of pyridine rings is 1. The predicted molar refractivity (Wildman–Crippen MR) is 158 cm³/mol. The first-order valence-electron chi connectivity index (χ1n) is 14.1. The van der Waals surface area contributed by atoms with Crippen LogP contribution < -0.4 is 15.4 Å². The highest BCUT2D eigenvalue weighted by atomic mass is 35.5. The Labute approximate surface area is 255 Å². The number of halogens is 4. The van der Waals surface area contributed by atoms with E-state index < -0.39 is 28.9 Å². The highest BCUT2D eigenvalue weighted by Gasteiger charge is 2.39. The van der Waals surface area contributed by atoms with Gasteiger partial charge in [-0.1, -0.05) is 11.6 Å². The fraction of sp³-hybridized carbons (Fsp3) is 0.567. The van der Waals surface area contributed by atoms with Crippen molar-refractivity contribution >= 4 is 35.0 Å². The third kappa shape index (κ3) is 9.54. The minimum atomic E-state index is -4.59. The molecule has 0 unspecified atom stereocenters. The zero-order valence-corrected chi connectivity index (χ0v) is 26.1. The molecule has 0 bridgehead atoms. The van der Waals surface area contributed by atoms with E-state index in [1.165, 1.54) is 7.11 Å². The third-order valence-electron chi connectivity index (χ3n) is 7.18. The van der Waals surface area contributed by atoms with Gasteiger partial charge in [0, 0.05) is 36.3 Å². The Morgan fingerprint density at radius 2 is 1.84 bits per heavy atom. The second kappa shape index (κ2) is 13.9. The van der Waals surface area contributed by atoms with E-state index in [0.717, 1.165) is 12.3 Å². The van der Waals surface area contributed by atoms with Gasteiger partial charge in [-0.2, -0.15) is 13.2 Å². The zero-order valence-electron chi connectivity index (χ0n) is 25.4. The molecular formula is C30H40ClF3N4O5. The maximum Gasteiger partial charge on any atom is 0.433 e. The van der Waals surface area contributed by atoms with Crippen molar-refractivity contribution in [1.29, 1.82) is 0 Å². The molecule has 238 valence electrons. The standard InChI is InChI=1S/C30H40ClF3N4O5/c1-7-42-26(39)16-29(10-12-38(13-11-29)27(40)43-28(3,4)5)18-36-20-8-9-23(22(31)14-20)37-19(2)21-15-25(30(32,33)34)35-17-24(21)41-6/h8-9,14-15,17,19,36-37H,7,10-13,16,18H2,1-6H3/t19-/m0/s1. The van der Waals surface area contributed by atoms with Gasteiger partial charge in [-0.15, -0.1) is 0 Å². The van der Waals surface area contributed by atoms with Crippen LogP contribution in [0.25, 0.3) is 0 Å². The molecule has 2 N–H and O–H groups in total. The topological polar surface area (TPSA) is 102 Å². The van der Waals surface area contributed by atoms with Gasteiger partial charge in [-0.3, -0.25) is 4.79 Å². The third-order valence-corrected chi connectivity index (χ3v) is 7.50. The summed E-state index contributed by atoms with van der Waals surface area (Å²) in [6.45, 7) is 10.5. The number of anilines is 2. The van der Waals surface area contributed by atoms with Crippen molar-refractivity contribution in [3.05, 3.63) is 46.7 Å². The van der Waals surface area contributed by atoms with Crippen molar-refractivity contribution < 1.29 is 37.0 Å². The lowest BCUT2D eigenvalue weighted by Gasteiger charge is -2.41. The first-order chi connectivity index (χ1) is 20.1. The van der Waals surface area contributed by atoms with Gasteiger partial charge >= 0.3 is 18.2 Å². The summed E-state index contributed by atoms with van der Waals surface area (Å²) in [5, 5.41) is 6.87. The smallest absolute Gasteiger partial charge is 0.433 e. The van der Waals surface area contributed by atoms with Crippen LogP contribution in [-0.4, -0.2) is 60.9 Å². The van der Waals surface area contributed by atoms with E-state index in [1.54, 1.807) is 36.9 Å². The van der Waals surface area contributed by atoms with Gasteiger partial charge in [0.15, 0.2) is 0 Å². The van der Waals surface area contributed by atoms with E-state index in [0.29, 0.717) is 48.9 Å². The van der Waals surface area contributed by atoms with Gasteiger partial charge in [-0.25, -0.2) is 9.78 Å². The molecule has 43 heavy (non-hydrogen) atoms. The minimum absolute atomic E-state index is 0.189. The maximum atomic E-state index is 13.3. The molecule has 1 saturated heterocycles. The molecule has 9 nitrogen and oxygen atoms in total. The number of hydrogen-bond acceptors (Lipinski definition) is 8. The van der Waals surface area contributed by atoms with E-state index in [4.69, 9.17) is 25.8 Å². The van der Waals surface area contributed by atoms with Crippen LogP contribution in [0.5, 0.6) is 5.75 Å². The largest absolute Gasteiger partial charge is 0.495 e. The highest BCUT2D eigenvalue weighted by Crippen LogP contribution is 2.38. The van der Waals surface area contributed by atoms with Crippen LogP contribution in [0.3, 0.4) is 0 Å². The van der Waals surface area contributed by atoms with Gasteiger partial charge in [0.1, 0.15) is 17.0 Å². The van der Waals surface area contributed by atoms with Crippen molar-refractivity contribution in [2.45, 2.75) is 71.7 Å². The zero-order chi connectivity index (χ0) is 32.0. The summed E-state index contributed by atoms with van der Waals surface area (Å²) in [6, 6.07) is 5.59. The van der Waals surface area contributed by atoms with Crippen LogP contribution in [0.1, 0.15) is 71.2 Å². The van der Waals surface area contributed by atoms with E-state index in [-0.39, 0.29) is 36.4 Å². The Morgan fingerprint density at radius 1 is 1.16 bits per heavy atom. The summed E-state index contributed by atoms with van der Waals surface area (Å²) in [6.07, 6.45) is -2.60. The van der Waals surface area contributed by atoms with Crippen LogP contribution in [0.15, 0.2) is 30.5 Å². The Hall–Kier alpha value is -3.41. The van der Waals surface area contributed by atoms with Crippen molar-refractivity contribution in [2.75, 3.05) is 44.0 Å². The Bertz CT molecular complexity index is 1280. The second-order valence-corrected chi connectivity index (χ2v) is 12.1. The molecule has 0 aliphatic carbocycles. The number of alkyl halides is 3. The highest BCUT2D eigenvalue weighted by molar-refractivity contribution is 6.33. The van der Waals surface area contributed by atoms with Gasteiger partial charge in [0.05, 0.1) is 43.1 Å². The summed E-state index contributed by atoms with van der Waals surface area (Å²) in [7, 11) is 1.37. The number of methoxy groups -OCH3 is 1. The van der Waals surface area contributed by atoms with Crippen molar-refractivity contribution in [2.24, 2.45) is 5.41 Å². The number of amides is 1. The average molecular weight is 629 g/mol. The summed E-state index contributed by atoms with van der Waals surface area (Å²) < 4.78 is 55.7. The SMILES string of the molecule is CCOC(=O)CC1(CNc2ccc(N[C@@H](C)c3cc(C(F)(F)F)ncc3OC)c(Cl)c2)CCN(C(=O)OC(C)(C)C)CC1. The molecule has 1 aromatic carbocycles. The number of nitrogens with one attached hydrogen (secondary N) is 2. The molecule has 3 rings (SSSR count). The van der Waals surface area contributed by atoms with Crippen molar-refractivity contribution in [3.63, 3.8) is 0 Å². The van der Waals surface area contributed by atoms with Gasteiger partial charge in [0.25, 0.3) is 0 Å². The fourth-order valence-corrected chi connectivity index (χ4v) is 5.12. The molecule has 0 saturated carbocycles. The number of benzene rings is 1. The van der Waals surface area contributed by atoms with Gasteiger partial charge < -0.3 is 29.7 Å². The summed E-state index contributed by atoms with van der Waals surface area (Å²) in [5.74, 6) is -0.0890. The molecule has 1 aliphatic heterocycles. The molecule has 1 aromatic heterocycles. The van der Waals surface area contributed by atoms with E-state index in [1.807, 2.05) is 20.8 Å². The molecule has 1 fully saturated rings. The number of esters is 1. The molecule has 2 heterocycles. The minimum Gasteiger partial charge on any atom is -0.495 e. The number of ether oxygens (including phenoxy) is 3. The Kier molecular flexibility index (Phi) is 11.0. The number of rotatable bonds is 10. The maximum absolute atomic E-state index is 13.3. The number of carbonyl (C=O) groups excluding carboxylic acids is 2. The van der Waals surface area contributed by atoms with Crippen molar-refractivity contribution in [3.8, 4) is 5.75 Å². The molecule has 2 aromatic rings. The molecule has 0 spiro atoms. The summed E-state index contributed by atoms with van der Waals surface area (Å²) >= 11 is 6.57. The normalized spacial score (nSPS) is 15.8. The fourth-order valence-electron chi connectivity index (χ4n) is 4.89. The van der Waals surface area contributed by atoms with Gasteiger partial charge in [0.2, 0.25) is 0 Å². The predicted octanol–water partition coefficient (Wildman–Crippen LogP) is 7.32. The molecular weight excluding hydrogens is 589 g/mol. The number of hydrogen-bond donors (Lipinski definition) is 2. The van der Waals surface area contributed by atoms with Crippen LogP contribution in [0.4, 0.5) is 29.3 Å². The lowest BCUT2D eigenvalue weighted by atomic mass is 9.75. The monoisotopic (exact) mass is 628 g/mol. The average Bonchev–Trinajstić information content (AvgIpc) is 2.92. The van der Waals surface area contributed by atoms with E-state index >= 15 is 0 Å². The summed E-state index contributed by atoms with van der Waals surface area (Å²) in [5.41, 5.74) is -0.595. The Balaban J connectivity index is 1.71. The number of nitrogens with zero attached hydrogens (tertiary/aromatic N) is 2. The molecule has 1 amide bonds. The molecule has 13 heteroatoms. The van der Waals surface area contributed by atoms with Crippen LogP contribution in [0.2, 0.25) is 5.02 Å².